The second-order valence-electron chi connectivity index (χ2n) is 6.42. The molecule has 0 aliphatic rings. The first-order valence-electron chi connectivity index (χ1n) is 7.69. The van der Waals surface area contributed by atoms with Crippen molar-refractivity contribution >= 4 is 5.82 Å². The Kier molecular flexibility index (Phi) is 7.05. The van der Waals surface area contributed by atoms with Crippen LogP contribution in [0.15, 0.2) is 12.4 Å². The van der Waals surface area contributed by atoms with Gasteiger partial charge in [0.2, 0.25) is 0 Å². The molecule has 1 unspecified atom stereocenters. The number of aromatic nitrogens is 2. The summed E-state index contributed by atoms with van der Waals surface area (Å²) in [4.78, 5) is 11.4. The third-order valence-corrected chi connectivity index (χ3v) is 3.43. The maximum Gasteiger partial charge on any atom is 0.147 e. The van der Waals surface area contributed by atoms with Crippen molar-refractivity contribution in [3.8, 4) is 0 Å². The fourth-order valence-electron chi connectivity index (χ4n) is 1.94. The lowest BCUT2D eigenvalue weighted by Crippen LogP contribution is -2.37. The standard InChI is InChI=1S/C16H30N4O/c1-7-13(2)20(8-9-21-6)15-12-17-10-14(19-15)11-18-16(3,4)5/h10,12-13,18H,7-9,11H2,1-6H3. The molecule has 0 spiro atoms. The van der Waals surface area contributed by atoms with Crippen molar-refractivity contribution in [1.82, 2.24) is 15.3 Å². The van der Waals surface area contributed by atoms with Crippen molar-refractivity contribution in [2.24, 2.45) is 0 Å². The molecule has 0 saturated carbocycles. The maximum atomic E-state index is 5.21. The van der Waals surface area contributed by atoms with Gasteiger partial charge in [-0.05, 0) is 34.1 Å². The summed E-state index contributed by atoms with van der Waals surface area (Å²) in [6.45, 7) is 13.1. The first-order valence-corrected chi connectivity index (χ1v) is 7.69. The first kappa shape index (κ1) is 17.9. The van der Waals surface area contributed by atoms with Crippen LogP contribution in [0, 0.1) is 0 Å². The minimum atomic E-state index is 0.0735. The molecule has 1 heterocycles. The van der Waals surface area contributed by atoms with Crippen molar-refractivity contribution in [3.05, 3.63) is 18.1 Å². The number of nitrogens with one attached hydrogen (secondary N) is 1. The van der Waals surface area contributed by atoms with Crippen LogP contribution >= 0.6 is 0 Å². The Morgan fingerprint density at radius 3 is 2.62 bits per heavy atom. The molecule has 0 saturated heterocycles. The molecule has 1 atom stereocenters. The average Bonchev–Trinajstić information content (AvgIpc) is 2.45. The van der Waals surface area contributed by atoms with Crippen LogP contribution in [-0.2, 0) is 11.3 Å². The van der Waals surface area contributed by atoms with E-state index in [0.29, 0.717) is 12.6 Å². The second kappa shape index (κ2) is 8.29. The highest BCUT2D eigenvalue weighted by Gasteiger charge is 2.15. The predicted molar refractivity (Wildman–Crippen MR) is 87.6 cm³/mol. The summed E-state index contributed by atoms with van der Waals surface area (Å²) < 4.78 is 5.21. The third-order valence-electron chi connectivity index (χ3n) is 3.43. The van der Waals surface area contributed by atoms with Gasteiger partial charge in [-0.1, -0.05) is 6.92 Å². The Labute approximate surface area is 129 Å². The zero-order chi connectivity index (χ0) is 15.9. The molecule has 0 amide bonds. The molecule has 1 rings (SSSR count). The molecule has 0 aromatic carbocycles. The van der Waals surface area contributed by atoms with Gasteiger partial charge in [0.15, 0.2) is 0 Å². The van der Waals surface area contributed by atoms with E-state index in [1.165, 1.54) is 0 Å². The topological polar surface area (TPSA) is 50.3 Å². The number of ether oxygens (including phenoxy) is 1. The quantitative estimate of drug-likeness (QED) is 0.798. The van der Waals surface area contributed by atoms with Gasteiger partial charge in [-0.25, -0.2) is 4.98 Å². The summed E-state index contributed by atoms with van der Waals surface area (Å²) in [7, 11) is 1.73. The van der Waals surface area contributed by atoms with Crippen LogP contribution in [0.2, 0.25) is 0 Å². The maximum absolute atomic E-state index is 5.21. The van der Waals surface area contributed by atoms with Gasteiger partial charge in [0.25, 0.3) is 0 Å². The molecular weight excluding hydrogens is 264 g/mol. The van der Waals surface area contributed by atoms with Crippen LogP contribution in [0.1, 0.15) is 46.7 Å². The van der Waals surface area contributed by atoms with Crippen LogP contribution in [0.4, 0.5) is 5.82 Å². The molecule has 1 aromatic heterocycles. The van der Waals surface area contributed by atoms with Gasteiger partial charge < -0.3 is 15.0 Å². The lowest BCUT2D eigenvalue weighted by atomic mass is 10.1. The van der Waals surface area contributed by atoms with Crippen LogP contribution < -0.4 is 10.2 Å². The van der Waals surface area contributed by atoms with E-state index in [1.54, 1.807) is 7.11 Å². The summed E-state index contributed by atoms with van der Waals surface area (Å²) in [5.41, 5.74) is 1.04. The number of rotatable bonds is 8. The molecule has 5 nitrogen and oxygen atoms in total. The first-order chi connectivity index (χ1) is 9.87. The monoisotopic (exact) mass is 294 g/mol. The fourth-order valence-corrected chi connectivity index (χ4v) is 1.94. The molecule has 120 valence electrons. The number of methoxy groups -OCH3 is 1. The summed E-state index contributed by atoms with van der Waals surface area (Å²) in [5.74, 6) is 0.926. The number of nitrogens with zero attached hydrogens (tertiary/aromatic N) is 3. The molecule has 0 radical (unpaired) electrons. The van der Waals surface area contributed by atoms with Crippen molar-refractivity contribution < 1.29 is 4.74 Å². The van der Waals surface area contributed by atoms with E-state index in [4.69, 9.17) is 9.72 Å². The highest BCUT2D eigenvalue weighted by atomic mass is 16.5. The van der Waals surface area contributed by atoms with Crippen molar-refractivity contribution in [3.63, 3.8) is 0 Å². The zero-order valence-electron chi connectivity index (χ0n) is 14.3. The van der Waals surface area contributed by atoms with Crippen molar-refractivity contribution in [2.45, 2.75) is 59.2 Å². The van der Waals surface area contributed by atoms with E-state index in [0.717, 1.165) is 31.0 Å². The van der Waals surface area contributed by atoms with Crippen LogP contribution in [0.5, 0.6) is 0 Å². The average molecular weight is 294 g/mol. The fraction of sp³-hybridized carbons (Fsp3) is 0.750. The van der Waals surface area contributed by atoms with Gasteiger partial charge in [0.05, 0.1) is 18.5 Å². The van der Waals surface area contributed by atoms with E-state index < -0.39 is 0 Å². The van der Waals surface area contributed by atoms with E-state index in [2.05, 4.69) is 49.8 Å². The van der Waals surface area contributed by atoms with Crippen LogP contribution in [-0.4, -0.2) is 41.8 Å². The number of anilines is 1. The van der Waals surface area contributed by atoms with Gasteiger partial charge in [-0.15, -0.1) is 0 Å². The molecule has 0 aliphatic carbocycles. The molecule has 1 aromatic rings. The van der Waals surface area contributed by atoms with Gasteiger partial charge in [-0.3, -0.25) is 4.98 Å². The van der Waals surface area contributed by atoms with Gasteiger partial charge in [0.1, 0.15) is 5.82 Å². The largest absolute Gasteiger partial charge is 0.383 e. The summed E-state index contributed by atoms with van der Waals surface area (Å²) >= 11 is 0. The van der Waals surface area contributed by atoms with E-state index in [9.17, 15) is 0 Å². The van der Waals surface area contributed by atoms with Crippen molar-refractivity contribution in [2.75, 3.05) is 25.2 Å². The van der Waals surface area contributed by atoms with Crippen molar-refractivity contribution in [1.29, 1.82) is 0 Å². The Balaban J connectivity index is 2.83. The Bertz CT molecular complexity index is 417. The second-order valence-corrected chi connectivity index (χ2v) is 6.42. The van der Waals surface area contributed by atoms with Gasteiger partial charge in [0, 0.05) is 38.0 Å². The third kappa shape index (κ3) is 6.40. The molecule has 0 bridgehead atoms. The highest BCUT2D eigenvalue weighted by Crippen LogP contribution is 2.15. The lowest BCUT2D eigenvalue weighted by Gasteiger charge is -2.29. The van der Waals surface area contributed by atoms with Gasteiger partial charge in [-0.2, -0.15) is 0 Å². The SMILES string of the molecule is CCC(C)N(CCOC)c1cncc(CNC(C)(C)C)n1. The Morgan fingerprint density at radius 2 is 2.05 bits per heavy atom. The van der Waals surface area contributed by atoms with Gasteiger partial charge >= 0.3 is 0 Å². The molecule has 1 N–H and O–H groups in total. The smallest absolute Gasteiger partial charge is 0.147 e. The predicted octanol–water partition coefficient (Wildman–Crippen LogP) is 2.62. The van der Waals surface area contributed by atoms with Crippen LogP contribution in [0.25, 0.3) is 0 Å². The summed E-state index contributed by atoms with van der Waals surface area (Å²) in [6.07, 6.45) is 4.73. The van der Waals surface area contributed by atoms with E-state index in [-0.39, 0.29) is 5.54 Å². The highest BCUT2D eigenvalue weighted by molar-refractivity contribution is 5.37. The minimum absolute atomic E-state index is 0.0735. The van der Waals surface area contributed by atoms with E-state index >= 15 is 0 Å². The van der Waals surface area contributed by atoms with E-state index in [1.807, 2.05) is 12.4 Å². The van der Waals surface area contributed by atoms with Crippen LogP contribution in [0.3, 0.4) is 0 Å². The Morgan fingerprint density at radius 1 is 1.33 bits per heavy atom. The summed E-state index contributed by atoms with van der Waals surface area (Å²) in [6, 6.07) is 0.417. The summed E-state index contributed by atoms with van der Waals surface area (Å²) in [5, 5.41) is 3.44. The molecule has 5 heteroatoms. The molecule has 0 fully saturated rings. The molecule has 21 heavy (non-hydrogen) atoms. The zero-order valence-corrected chi connectivity index (χ0v) is 14.3. The normalized spacial score (nSPS) is 13.2. The molecular formula is C16H30N4O. The lowest BCUT2D eigenvalue weighted by molar-refractivity contribution is 0.203. The minimum Gasteiger partial charge on any atom is -0.383 e. The Hall–Kier alpha value is -1.20. The number of hydrogen-bond donors (Lipinski definition) is 1. The molecule has 0 aliphatic heterocycles. The number of hydrogen-bond acceptors (Lipinski definition) is 5.